The fraction of sp³-hybridized carbons (Fsp3) is 0.500. The Morgan fingerprint density at radius 3 is 1.64 bits per heavy atom. The number of aliphatic hydroxyl groups excluding tert-OH is 5. The van der Waals surface area contributed by atoms with Gasteiger partial charge in [-0.25, -0.2) is 0 Å². The third kappa shape index (κ3) is 9.28. The number of halogens is 3. The van der Waals surface area contributed by atoms with Crippen molar-refractivity contribution >= 4 is 91.2 Å². The van der Waals surface area contributed by atoms with Crippen LogP contribution in [0.5, 0.6) is 0 Å². The summed E-state index contributed by atoms with van der Waals surface area (Å²) in [6, 6.07) is 0. The van der Waals surface area contributed by atoms with Crippen LogP contribution >= 0.6 is 67.8 Å². The van der Waals surface area contributed by atoms with Crippen molar-refractivity contribution in [3.05, 3.63) is 21.8 Å². The van der Waals surface area contributed by atoms with Gasteiger partial charge in [0, 0.05) is 23.2 Å². The van der Waals surface area contributed by atoms with Gasteiger partial charge in [0.15, 0.2) is 0 Å². The number of aliphatic hydroxyl groups is 5. The van der Waals surface area contributed by atoms with E-state index in [4.69, 9.17) is 15.3 Å². The third-order valence-corrected chi connectivity index (χ3v) is 7.26. The number of benzene rings is 1. The molecule has 1 aromatic rings. The van der Waals surface area contributed by atoms with Crippen LogP contribution in [-0.4, -0.2) is 101 Å². The summed E-state index contributed by atoms with van der Waals surface area (Å²) in [5, 5.41) is 56.2. The first-order valence-electron chi connectivity index (χ1n) is 9.55. The van der Waals surface area contributed by atoms with Gasteiger partial charge in [-0.15, -0.1) is 0 Å². The molecule has 12 nitrogen and oxygen atoms in total. The zero-order valence-electron chi connectivity index (χ0n) is 17.2. The number of rotatable bonds is 13. The second-order valence-electron chi connectivity index (χ2n) is 6.61. The topological polar surface area (TPSA) is 200 Å². The van der Waals surface area contributed by atoms with Crippen LogP contribution in [0.4, 0.5) is 5.69 Å². The largest absolute Gasteiger partial charge is 0.395 e. The molecule has 0 spiro atoms. The van der Waals surface area contributed by atoms with Gasteiger partial charge >= 0.3 is 0 Å². The van der Waals surface area contributed by atoms with E-state index in [1.54, 1.807) is 0 Å². The summed E-state index contributed by atoms with van der Waals surface area (Å²) in [5.41, 5.74) is 0.370. The zero-order valence-corrected chi connectivity index (χ0v) is 23.7. The molecule has 1 aromatic carbocycles. The van der Waals surface area contributed by atoms with Gasteiger partial charge in [0.1, 0.15) is 0 Å². The molecule has 0 aliphatic carbocycles. The molecule has 0 saturated heterocycles. The summed E-state index contributed by atoms with van der Waals surface area (Å²) in [6.45, 7) is -1.63. The van der Waals surface area contributed by atoms with E-state index in [9.17, 15) is 24.6 Å². The zero-order chi connectivity index (χ0) is 25.1. The molecule has 9 N–H and O–H groups in total. The molecule has 2 unspecified atom stereocenters. The molecule has 1 rings (SSSR count). The minimum atomic E-state index is -1.17. The molecule has 0 aliphatic heterocycles. The smallest absolute Gasteiger partial charge is 0.253 e. The molecule has 186 valence electrons. The van der Waals surface area contributed by atoms with Gasteiger partial charge in [-0.3, -0.25) is 14.4 Å². The lowest BCUT2D eigenvalue weighted by Gasteiger charge is -2.20. The van der Waals surface area contributed by atoms with E-state index < -0.39 is 43.1 Å². The summed E-state index contributed by atoms with van der Waals surface area (Å²) in [7, 11) is 0. The molecule has 0 saturated carbocycles. The number of nitrogens with one attached hydrogen (secondary N) is 4. The Hall–Kier alpha value is -0.420. The van der Waals surface area contributed by atoms with Crippen molar-refractivity contribution in [2.45, 2.75) is 12.2 Å². The molecule has 0 radical (unpaired) electrons. The van der Waals surface area contributed by atoms with E-state index in [1.165, 1.54) is 0 Å². The van der Waals surface area contributed by atoms with E-state index in [1.807, 2.05) is 67.8 Å². The van der Waals surface area contributed by atoms with E-state index in [0.29, 0.717) is 7.14 Å². The van der Waals surface area contributed by atoms with Gasteiger partial charge in [0.05, 0.1) is 62.5 Å². The lowest BCUT2D eigenvalue weighted by atomic mass is 10.1. The molecular formula is C18H25I3N4O8. The Morgan fingerprint density at radius 2 is 1.24 bits per heavy atom. The number of carbonyl (C=O) groups is 3. The maximum absolute atomic E-state index is 12.9. The van der Waals surface area contributed by atoms with Crippen molar-refractivity contribution in [2.24, 2.45) is 0 Å². The normalized spacial score (nSPS) is 12.7. The average Bonchev–Trinajstić information content (AvgIpc) is 2.78. The van der Waals surface area contributed by atoms with Crippen LogP contribution < -0.4 is 21.3 Å². The lowest BCUT2D eigenvalue weighted by Crippen LogP contribution is -2.37. The van der Waals surface area contributed by atoms with E-state index >= 15 is 0 Å². The minimum Gasteiger partial charge on any atom is -0.395 e. The van der Waals surface area contributed by atoms with Gasteiger partial charge in [0.25, 0.3) is 11.8 Å². The molecule has 0 aromatic heterocycles. The maximum Gasteiger partial charge on any atom is 0.253 e. The van der Waals surface area contributed by atoms with Crippen molar-refractivity contribution in [1.29, 1.82) is 0 Å². The Labute approximate surface area is 230 Å². The van der Waals surface area contributed by atoms with Gasteiger partial charge in [-0.1, -0.05) is 0 Å². The Kier molecular flexibility index (Phi) is 14.4. The predicted molar refractivity (Wildman–Crippen MR) is 144 cm³/mol. The first-order chi connectivity index (χ1) is 15.6. The standard InChI is InChI=1S/C18H25I3N4O8/c19-13-11(17(32)23-3-8(29)6-27)14(20)16(25-10(31)5-22-1-2-26)15(21)12(13)18(33)24-4-9(30)7-28/h8-9,22,26-30H,1-7H2,(H,23,32)(H,24,33)(H,25,31). The van der Waals surface area contributed by atoms with E-state index in [2.05, 4.69) is 21.3 Å². The highest BCUT2D eigenvalue weighted by Gasteiger charge is 2.29. The molecule has 0 bridgehead atoms. The van der Waals surface area contributed by atoms with Crippen LogP contribution in [0.25, 0.3) is 0 Å². The average molecular weight is 806 g/mol. The Bertz CT molecular complexity index is 805. The van der Waals surface area contributed by atoms with Gasteiger partial charge in [-0.2, -0.15) is 0 Å². The van der Waals surface area contributed by atoms with Gasteiger partial charge < -0.3 is 46.8 Å². The second kappa shape index (κ2) is 15.5. The number of carbonyl (C=O) groups excluding carboxylic acids is 3. The first kappa shape index (κ1) is 30.6. The number of hydrogen-bond acceptors (Lipinski definition) is 9. The highest BCUT2D eigenvalue weighted by molar-refractivity contribution is 14.1. The quantitative estimate of drug-likeness (QED) is 0.0815. The summed E-state index contributed by atoms with van der Waals surface area (Å²) in [4.78, 5) is 38.1. The van der Waals surface area contributed by atoms with Crippen molar-refractivity contribution in [1.82, 2.24) is 16.0 Å². The van der Waals surface area contributed by atoms with Crippen LogP contribution in [0, 0.1) is 10.7 Å². The van der Waals surface area contributed by atoms with Crippen molar-refractivity contribution < 1.29 is 39.9 Å². The van der Waals surface area contributed by atoms with Crippen LogP contribution in [0.15, 0.2) is 0 Å². The fourth-order valence-electron chi connectivity index (χ4n) is 2.36. The molecule has 33 heavy (non-hydrogen) atoms. The molecule has 0 aliphatic rings. The van der Waals surface area contributed by atoms with Gasteiger partial charge in [0.2, 0.25) is 5.91 Å². The number of amides is 3. The summed E-state index contributed by atoms with van der Waals surface area (Å²) in [6.07, 6.45) is -2.35. The van der Waals surface area contributed by atoms with Crippen LogP contribution in [0.2, 0.25) is 0 Å². The number of hydrogen-bond donors (Lipinski definition) is 9. The predicted octanol–water partition coefficient (Wildman–Crippen LogP) is -1.81. The first-order valence-corrected chi connectivity index (χ1v) is 12.8. The maximum atomic E-state index is 12.9. The summed E-state index contributed by atoms with van der Waals surface area (Å²) >= 11 is 5.56. The monoisotopic (exact) mass is 806 g/mol. The van der Waals surface area contributed by atoms with Crippen molar-refractivity contribution in [2.75, 3.05) is 51.3 Å². The van der Waals surface area contributed by atoms with Crippen molar-refractivity contribution in [3.8, 4) is 0 Å². The fourth-order valence-corrected chi connectivity index (χ4v) is 6.78. The Morgan fingerprint density at radius 1 is 0.788 bits per heavy atom. The summed E-state index contributed by atoms with van der Waals surface area (Å²) < 4.78 is 0.962. The number of anilines is 1. The van der Waals surface area contributed by atoms with Crippen molar-refractivity contribution in [3.63, 3.8) is 0 Å². The molecular weight excluding hydrogens is 781 g/mol. The second-order valence-corrected chi connectivity index (χ2v) is 9.84. The van der Waals surface area contributed by atoms with Gasteiger partial charge in [-0.05, 0) is 67.8 Å². The molecule has 3 amide bonds. The SMILES string of the molecule is O=C(CNCCO)Nc1c(I)c(C(=O)NCC(O)CO)c(I)c(C(=O)NCC(O)CO)c1I. The molecule has 15 heteroatoms. The van der Waals surface area contributed by atoms with E-state index in [0.717, 1.165) is 0 Å². The van der Waals surface area contributed by atoms with Crippen LogP contribution in [0.1, 0.15) is 20.7 Å². The van der Waals surface area contributed by atoms with E-state index in [-0.39, 0.29) is 53.2 Å². The van der Waals surface area contributed by atoms with Crippen LogP contribution in [0.3, 0.4) is 0 Å². The minimum absolute atomic E-state index is 0.0771. The molecule has 2 atom stereocenters. The van der Waals surface area contributed by atoms with Crippen LogP contribution in [-0.2, 0) is 4.79 Å². The molecule has 0 heterocycles. The molecule has 0 fully saturated rings. The lowest BCUT2D eigenvalue weighted by molar-refractivity contribution is -0.115. The highest BCUT2D eigenvalue weighted by Crippen LogP contribution is 2.35. The highest BCUT2D eigenvalue weighted by atomic mass is 127. The summed E-state index contributed by atoms with van der Waals surface area (Å²) in [5.74, 6) is -1.73. The third-order valence-electron chi connectivity index (χ3n) is 4.03. The Balaban J connectivity index is 3.42.